The second-order valence-corrected chi connectivity index (χ2v) is 10.4. The predicted molar refractivity (Wildman–Crippen MR) is 177 cm³/mol. The number of benzene rings is 6. The van der Waals surface area contributed by atoms with Crippen molar-refractivity contribution in [3.63, 3.8) is 0 Å². The lowest BCUT2D eigenvalue weighted by molar-refractivity contribution is 0.124. The van der Waals surface area contributed by atoms with Gasteiger partial charge in [0.05, 0.1) is 14.2 Å². The topological polar surface area (TPSA) is 36.9 Å². The minimum Gasteiger partial charge on any atom is -0.497 e. The Hall–Kier alpha value is -5.48. The van der Waals surface area contributed by atoms with Crippen LogP contribution in [0.15, 0.2) is 109 Å². The fourth-order valence-corrected chi connectivity index (χ4v) is 5.70. The molecule has 0 amide bonds. The minimum absolute atomic E-state index is 0.101. The zero-order valence-electron chi connectivity index (χ0n) is 24.0. The van der Waals surface area contributed by atoms with E-state index in [0.29, 0.717) is 0 Å². The average molecular weight is 563 g/mol. The summed E-state index contributed by atoms with van der Waals surface area (Å²) < 4.78 is 23.6. The third-order valence-electron chi connectivity index (χ3n) is 7.86. The molecular formula is C39H30O4. The van der Waals surface area contributed by atoms with Gasteiger partial charge in [0.2, 0.25) is 6.79 Å². The van der Waals surface area contributed by atoms with Crippen molar-refractivity contribution in [2.75, 3.05) is 21.0 Å². The van der Waals surface area contributed by atoms with Crippen LogP contribution in [0.25, 0.3) is 57.0 Å². The van der Waals surface area contributed by atoms with Crippen LogP contribution in [0.2, 0.25) is 0 Å². The van der Waals surface area contributed by atoms with Crippen LogP contribution < -0.4 is 18.9 Å². The summed E-state index contributed by atoms with van der Waals surface area (Å²) in [4.78, 5) is 0. The molecular weight excluding hydrogens is 532 g/mol. The molecule has 1 aliphatic rings. The van der Waals surface area contributed by atoms with Crippen LogP contribution in [0.5, 0.6) is 23.0 Å². The van der Waals surface area contributed by atoms with Gasteiger partial charge in [-0.05, 0) is 69.1 Å². The van der Waals surface area contributed by atoms with Gasteiger partial charge >= 0.3 is 0 Å². The third kappa shape index (κ3) is 5.08. The van der Waals surface area contributed by atoms with Gasteiger partial charge in [-0.15, -0.1) is 0 Å². The molecule has 0 radical (unpaired) electrons. The van der Waals surface area contributed by atoms with Crippen LogP contribution >= 0.6 is 0 Å². The van der Waals surface area contributed by atoms with Crippen molar-refractivity contribution >= 4 is 45.8 Å². The summed E-state index contributed by atoms with van der Waals surface area (Å²) in [7, 11) is 3.35. The van der Waals surface area contributed by atoms with E-state index in [0.717, 1.165) is 77.9 Å². The lowest BCUT2D eigenvalue weighted by atomic mass is 9.88. The van der Waals surface area contributed by atoms with Gasteiger partial charge in [0.1, 0.15) is 23.0 Å². The second-order valence-electron chi connectivity index (χ2n) is 10.4. The second kappa shape index (κ2) is 11.4. The Balaban J connectivity index is 1.44. The van der Waals surface area contributed by atoms with Gasteiger partial charge in [-0.1, -0.05) is 97.1 Å². The molecule has 0 aliphatic carbocycles. The monoisotopic (exact) mass is 562 g/mol. The van der Waals surface area contributed by atoms with Crippen molar-refractivity contribution in [3.05, 3.63) is 131 Å². The van der Waals surface area contributed by atoms with Crippen molar-refractivity contribution in [1.29, 1.82) is 0 Å². The molecule has 1 heterocycles. The molecule has 0 spiro atoms. The molecule has 43 heavy (non-hydrogen) atoms. The van der Waals surface area contributed by atoms with Gasteiger partial charge in [0, 0.05) is 22.3 Å². The lowest BCUT2D eigenvalue weighted by Crippen LogP contribution is -2.05. The highest BCUT2D eigenvalue weighted by atomic mass is 16.7. The molecule has 0 fully saturated rings. The highest BCUT2D eigenvalue weighted by Crippen LogP contribution is 2.50. The van der Waals surface area contributed by atoms with Crippen molar-refractivity contribution in [1.82, 2.24) is 0 Å². The maximum absolute atomic E-state index is 6.46. The number of fused-ring (bicyclic) bond motifs is 7. The average Bonchev–Trinajstić information content (AvgIpc) is 3.28. The number of methoxy groups -OCH3 is 2. The molecule has 1 aliphatic heterocycles. The molecule has 7 rings (SSSR count). The van der Waals surface area contributed by atoms with Gasteiger partial charge in [-0.3, -0.25) is 0 Å². The fraction of sp³-hybridized carbons (Fsp3) is 0.0769. The van der Waals surface area contributed by atoms with Gasteiger partial charge < -0.3 is 18.9 Å². The summed E-state index contributed by atoms with van der Waals surface area (Å²) in [6, 6.07) is 37.4. The zero-order valence-corrected chi connectivity index (χ0v) is 24.0. The van der Waals surface area contributed by atoms with Gasteiger partial charge in [-0.25, -0.2) is 0 Å². The van der Waals surface area contributed by atoms with E-state index in [1.165, 1.54) is 0 Å². The highest BCUT2D eigenvalue weighted by Gasteiger charge is 2.25. The van der Waals surface area contributed by atoms with E-state index in [1.54, 1.807) is 14.2 Å². The molecule has 0 aromatic heterocycles. The number of hydrogen-bond donors (Lipinski definition) is 0. The Bertz CT molecular complexity index is 1850. The molecule has 6 aromatic carbocycles. The normalized spacial score (nSPS) is 12.5. The first kappa shape index (κ1) is 26.4. The van der Waals surface area contributed by atoms with E-state index in [4.69, 9.17) is 18.9 Å². The fourth-order valence-electron chi connectivity index (χ4n) is 5.70. The van der Waals surface area contributed by atoms with E-state index >= 15 is 0 Å². The summed E-state index contributed by atoms with van der Waals surface area (Å²) in [6.45, 7) is 0.101. The van der Waals surface area contributed by atoms with Crippen LogP contribution in [-0.4, -0.2) is 21.0 Å². The first-order valence-electron chi connectivity index (χ1n) is 14.2. The van der Waals surface area contributed by atoms with Crippen molar-refractivity contribution in [3.8, 4) is 34.1 Å². The summed E-state index contributed by atoms with van der Waals surface area (Å²) in [5.41, 5.74) is 6.20. The third-order valence-corrected chi connectivity index (χ3v) is 7.86. The summed E-state index contributed by atoms with van der Waals surface area (Å²) in [5, 5.41) is 4.50. The molecule has 210 valence electrons. The Labute approximate surface area is 251 Å². The first-order chi connectivity index (χ1) is 21.2. The predicted octanol–water partition coefficient (Wildman–Crippen LogP) is 9.75. The highest BCUT2D eigenvalue weighted by molar-refractivity contribution is 6.12. The minimum atomic E-state index is 0.101. The smallest absolute Gasteiger partial charge is 0.231 e. The van der Waals surface area contributed by atoms with E-state index in [9.17, 15) is 0 Å². The number of rotatable bonds is 6. The number of hydrogen-bond acceptors (Lipinski definition) is 4. The van der Waals surface area contributed by atoms with Gasteiger partial charge in [0.15, 0.2) is 0 Å². The Kier molecular flexibility index (Phi) is 7.02. The molecule has 6 aromatic rings. The van der Waals surface area contributed by atoms with Crippen molar-refractivity contribution < 1.29 is 18.9 Å². The lowest BCUT2D eigenvalue weighted by Gasteiger charge is -2.17. The van der Waals surface area contributed by atoms with E-state index in [2.05, 4.69) is 85.0 Å². The Morgan fingerprint density at radius 2 is 0.930 bits per heavy atom. The molecule has 4 heteroatoms. The maximum Gasteiger partial charge on any atom is 0.231 e. The maximum atomic E-state index is 6.46. The van der Waals surface area contributed by atoms with Crippen LogP contribution in [-0.2, 0) is 0 Å². The molecule has 0 saturated carbocycles. The first-order valence-corrected chi connectivity index (χ1v) is 14.2. The van der Waals surface area contributed by atoms with E-state index in [-0.39, 0.29) is 6.79 Å². The standard InChI is InChI=1S/C39H30O4/c1-40-32-19-13-26(14-20-32)11-17-30-23-28-7-3-5-9-34(28)36-37-35-10-6-4-8-29(35)24-31(39(37)43-25-42-38(30)36)18-12-27-15-21-33(41-2)22-16-27/h3-24H,25H2,1-2H3/b17-11-,18-12-. The van der Waals surface area contributed by atoms with Crippen LogP contribution in [0.1, 0.15) is 22.3 Å². The SMILES string of the molecule is COc1ccc(/C=C\c2cc3ccccc3c3c2OCOc2c(/C=C\c4ccc(OC)cc4)cc4ccccc4c2-3)cc1. The molecule has 0 atom stereocenters. The van der Waals surface area contributed by atoms with Gasteiger partial charge in [-0.2, -0.15) is 0 Å². The Morgan fingerprint density at radius 1 is 0.512 bits per heavy atom. The van der Waals surface area contributed by atoms with E-state index in [1.807, 2.05) is 48.5 Å². The number of ether oxygens (including phenoxy) is 4. The van der Waals surface area contributed by atoms with Gasteiger partial charge in [0.25, 0.3) is 0 Å². The summed E-state index contributed by atoms with van der Waals surface area (Å²) in [5.74, 6) is 3.28. The molecule has 0 saturated heterocycles. The molecule has 0 bridgehead atoms. The molecule has 0 N–H and O–H groups in total. The van der Waals surface area contributed by atoms with E-state index < -0.39 is 0 Å². The zero-order chi connectivity index (χ0) is 29.2. The van der Waals surface area contributed by atoms with Crippen LogP contribution in [0.3, 0.4) is 0 Å². The summed E-state index contributed by atoms with van der Waals surface area (Å²) >= 11 is 0. The molecule has 4 nitrogen and oxygen atoms in total. The van der Waals surface area contributed by atoms with Crippen molar-refractivity contribution in [2.45, 2.75) is 0 Å². The quantitative estimate of drug-likeness (QED) is 0.189. The largest absolute Gasteiger partial charge is 0.497 e. The van der Waals surface area contributed by atoms with Crippen LogP contribution in [0, 0.1) is 0 Å². The Morgan fingerprint density at radius 3 is 1.35 bits per heavy atom. The van der Waals surface area contributed by atoms with Crippen LogP contribution in [0.4, 0.5) is 0 Å². The van der Waals surface area contributed by atoms with Crippen molar-refractivity contribution in [2.24, 2.45) is 0 Å². The summed E-state index contributed by atoms with van der Waals surface area (Å²) in [6.07, 6.45) is 8.44. The molecule has 0 unspecified atom stereocenters.